The van der Waals surface area contributed by atoms with Crippen molar-refractivity contribution in [3.63, 3.8) is 0 Å². The summed E-state index contributed by atoms with van der Waals surface area (Å²) < 4.78 is 6.19. The molecule has 10 heavy (non-hydrogen) atoms. The van der Waals surface area contributed by atoms with Gasteiger partial charge in [-0.2, -0.15) is 0 Å². The van der Waals surface area contributed by atoms with Crippen molar-refractivity contribution >= 4 is 22.6 Å². The Morgan fingerprint density at radius 1 is 1.30 bits per heavy atom. The number of rotatable bonds is 1. The minimum atomic E-state index is 0. The molecule has 0 amide bonds. The quantitative estimate of drug-likeness (QED) is 0.699. The summed E-state index contributed by atoms with van der Waals surface area (Å²) in [6.45, 7) is 0. The molecule has 0 fully saturated rings. The zero-order valence-electron chi connectivity index (χ0n) is 5.50. The lowest BCUT2D eigenvalue weighted by atomic mass is 10.3. The van der Waals surface area contributed by atoms with E-state index < -0.39 is 0 Å². The van der Waals surface area contributed by atoms with E-state index in [2.05, 4.69) is 22.6 Å². The number of benzene rings is 1. The Bertz CT molecular complexity index is 203. The zero-order chi connectivity index (χ0) is 6.69. The Labute approximate surface area is 72.9 Å². The van der Waals surface area contributed by atoms with E-state index in [4.69, 9.17) is 4.74 Å². The average Bonchev–Trinajstić information content (AvgIpc) is 1.89. The topological polar surface area (TPSA) is 9.23 Å². The van der Waals surface area contributed by atoms with E-state index in [9.17, 15) is 0 Å². The highest BCUT2D eigenvalue weighted by molar-refractivity contribution is 14.1. The molecule has 0 bridgehead atoms. The second kappa shape index (κ2) is 4.49. The molecule has 0 radical (unpaired) electrons. The van der Waals surface area contributed by atoms with Crippen LogP contribution in [0.3, 0.4) is 0 Å². The molecule has 0 N–H and O–H groups in total. The molecule has 0 saturated heterocycles. The largest absolute Gasteiger partial charge is 0.496 e. The first-order valence-corrected chi connectivity index (χ1v) is 3.71. The number of para-hydroxylation sites is 1. The van der Waals surface area contributed by atoms with Crippen LogP contribution in [0.15, 0.2) is 24.3 Å². The van der Waals surface area contributed by atoms with E-state index >= 15 is 0 Å². The Kier molecular flexibility index (Phi) is 4.34. The summed E-state index contributed by atoms with van der Waals surface area (Å²) in [5.41, 5.74) is 0. The van der Waals surface area contributed by atoms with Crippen LogP contribution in [0.4, 0.5) is 4.70 Å². The van der Waals surface area contributed by atoms with Gasteiger partial charge in [0.25, 0.3) is 0 Å². The molecule has 0 aliphatic rings. The molecule has 1 rings (SSSR count). The number of methoxy groups -OCH3 is 1. The van der Waals surface area contributed by atoms with Crippen molar-refractivity contribution in [3.8, 4) is 5.75 Å². The third-order valence-electron chi connectivity index (χ3n) is 1.06. The molecule has 56 valence electrons. The van der Waals surface area contributed by atoms with Crippen LogP contribution in [0.2, 0.25) is 0 Å². The number of hydrogen-bond donors (Lipinski definition) is 0. The summed E-state index contributed by atoms with van der Waals surface area (Å²) in [6.07, 6.45) is 0. The minimum Gasteiger partial charge on any atom is -0.496 e. The van der Waals surface area contributed by atoms with Gasteiger partial charge in [0, 0.05) is 0 Å². The van der Waals surface area contributed by atoms with E-state index in [1.165, 1.54) is 0 Å². The second-order valence-electron chi connectivity index (χ2n) is 1.63. The van der Waals surface area contributed by atoms with Gasteiger partial charge < -0.3 is 4.74 Å². The van der Waals surface area contributed by atoms with Gasteiger partial charge in [0.2, 0.25) is 0 Å². The van der Waals surface area contributed by atoms with Crippen LogP contribution in [0.5, 0.6) is 5.75 Å². The maximum atomic E-state index is 5.04. The summed E-state index contributed by atoms with van der Waals surface area (Å²) in [7, 11) is 1.68. The maximum absolute atomic E-state index is 5.04. The predicted molar refractivity (Wildman–Crippen MR) is 48.2 cm³/mol. The minimum absolute atomic E-state index is 0. The second-order valence-corrected chi connectivity index (χ2v) is 2.80. The van der Waals surface area contributed by atoms with Gasteiger partial charge in [0.15, 0.2) is 0 Å². The van der Waals surface area contributed by atoms with Gasteiger partial charge in [-0.25, -0.2) is 0 Å². The standard InChI is InChI=1S/C7H7IO.FH/c1-9-7-5-3-2-4-6(7)8;/h2-5H,1H3;1H. The first kappa shape index (κ1) is 9.68. The molecule has 0 atom stereocenters. The van der Waals surface area contributed by atoms with Crippen molar-refractivity contribution in [1.29, 1.82) is 0 Å². The summed E-state index contributed by atoms with van der Waals surface area (Å²) in [5.74, 6) is 0.943. The molecule has 3 heteroatoms. The molecule has 0 aromatic heterocycles. The van der Waals surface area contributed by atoms with Gasteiger partial charge in [-0.05, 0) is 34.7 Å². The normalized spacial score (nSPS) is 8.20. The fourth-order valence-corrected chi connectivity index (χ4v) is 1.22. The number of hydrogen-bond acceptors (Lipinski definition) is 1. The van der Waals surface area contributed by atoms with Crippen LogP contribution in [0.1, 0.15) is 0 Å². The number of halogens is 2. The molecule has 0 aliphatic heterocycles. The molecular formula is C7H8FIO. The lowest BCUT2D eigenvalue weighted by Gasteiger charge is -1.99. The molecule has 1 nitrogen and oxygen atoms in total. The van der Waals surface area contributed by atoms with E-state index in [-0.39, 0.29) is 4.70 Å². The third-order valence-corrected chi connectivity index (χ3v) is 1.95. The molecule has 0 heterocycles. The monoisotopic (exact) mass is 254 g/mol. The first-order valence-electron chi connectivity index (χ1n) is 2.63. The van der Waals surface area contributed by atoms with Crippen molar-refractivity contribution in [3.05, 3.63) is 27.8 Å². The van der Waals surface area contributed by atoms with Crippen molar-refractivity contribution < 1.29 is 9.44 Å². The number of ether oxygens (including phenoxy) is 1. The highest BCUT2D eigenvalue weighted by Crippen LogP contribution is 2.18. The van der Waals surface area contributed by atoms with Gasteiger partial charge >= 0.3 is 0 Å². The molecule has 1 aromatic carbocycles. The molecule has 0 saturated carbocycles. The van der Waals surface area contributed by atoms with Gasteiger partial charge in [0.1, 0.15) is 5.75 Å². The van der Waals surface area contributed by atoms with Gasteiger partial charge in [-0.1, -0.05) is 12.1 Å². The highest BCUT2D eigenvalue weighted by atomic mass is 127. The van der Waals surface area contributed by atoms with Crippen LogP contribution < -0.4 is 4.74 Å². The summed E-state index contributed by atoms with van der Waals surface area (Å²) >= 11 is 2.24. The van der Waals surface area contributed by atoms with Crippen LogP contribution >= 0.6 is 22.6 Å². The van der Waals surface area contributed by atoms with Gasteiger partial charge in [-0.15, -0.1) is 0 Å². The smallest absolute Gasteiger partial charge is 0.132 e. The highest BCUT2D eigenvalue weighted by Gasteiger charge is 1.92. The Morgan fingerprint density at radius 2 is 1.90 bits per heavy atom. The molecule has 0 aliphatic carbocycles. The lowest BCUT2D eigenvalue weighted by Crippen LogP contribution is -1.83. The van der Waals surface area contributed by atoms with Gasteiger partial charge in [-0.3, -0.25) is 4.70 Å². The van der Waals surface area contributed by atoms with Crippen molar-refractivity contribution in [2.45, 2.75) is 0 Å². The Balaban J connectivity index is 0.000000810. The fourth-order valence-electron chi connectivity index (χ4n) is 0.610. The fraction of sp³-hybridized carbons (Fsp3) is 0.143. The van der Waals surface area contributed by atoms with E-state index in [0.717, 1.165) is 9.32 Å². The summed E-state index contributed by atoms with van der Waals surface area (Å²) in [5, 5.41) is 0. The summed E-state index contributed by atoms with van der Waals surface area (Å²) in [6, 6.07) is 7.91. The van der Waals surface area contributed by atoms with E-state index in [0.29, 0.717) is 0 Å². The van der Waals surface area contributed by atoms with E-state index in [1.807, 2.05) is 24.3 Å². The van der Waals surface area contributed by atoms with Crippen LogP contribution in [-0.4, -0.2) is 7.11 Å². The van der Waals surface area contributed by atoms with E-state index in [1.54, 1.807) is 7.11 Å². The van der Waals surface area contributed by atoms with Crippen LogP contribution in [0.25, 0.3) is 0 Å². The summed E-state index contributed by atoms with van der Waals surface area (Å²) in [4.78, 5) is 0. The van der Waals surface area contributed by atoms with Crippen LogP contribution in [-0.2, 0) is 0 Å². The zero-order valence-corrected chi connectivity index (χ0v) is 7.66. The SMILES string of the molecule is COc1ccccc1I.F. The molecule has 0 spiro atoms. The van der Waals surface area contributed by atoms with Crippen molar-refractivity contribution in [1.82, 2.24) is 0 Å². The predicted octanol–water partition coefficient (Wildman–Crippen LogP) is 2.45. The lowest BCUT2D eigenvalue weighted by molar-refractivity contribution is 0.412. The van der Waals surface area contributed by atoms with Gasteiger partial charge in [0.05, 0.1) is 10.7 Å². The first-order chi connectivity index (χ1) is 4.34. The Morgan fingerprint density at radius 3 is 2.30 bits per heavy atom. The maximum Gasteiger partial charge on any atom is 0.132 e. The molecule has 0 unspecified atom stereocenters. The third kappa shape index (κ3) is 2.13. The average molecular weight is 254 g/mol. The molecular weight excluding hydrogens is 246 g/mol. The molecule has 1 aromatic rings. The van der Waals surface area contributed by atoms with Crippen molar-refractivity contribution in [2.75, 3.05) is 7.11 Å². The Hall–Kier alpha value is -0.320. The van der Waals surface area contributed by atoms with Crippen LogP contribution in [0, 0.1) is 3.57 Å². The van der Waals surface area contributed by atoms with Crippen molar-refractivity contribution in [2.24, 2.45) is 0 Å².